The Bertz CT molecular complexity index is 1030. The molecule has 3 rings (SSSR count). The number of hydrogen-bond donors (Lipinski definition) is 3. The highest BCUT2D eigenvalue weighted by molar-refractivity contribution is 5.99. The van der Waals surface area contributed by atoms with Crippen LogP contribution >= 0.6 is 0 Å². The minimum atomic E-state index is -0.325. The number of anilines is 2. The zero-order chi connectivity index (χ0) is 22.1. The Hall–Kier alpha value is -3.68. The number of carbonyl (C=O) groups is 2. The predicted molar refractivity (Wildman–Crippen MR) is 119 cm³/mol. The van der Waals surface area contributed by atoms with Gasteiger partial charge in [-0.2, -0.15) is 4.98 Å². The van der Waals surface area contributed by atoms with E-state index in [-0.39, 0.29) is 18.4 Å². The topological polar surface area (TPSA) is 109 Å². The zero-order valence-corrected chi connectivity index (χ0v) is 17.8. The van der Waals surface area contributed by atoms with Gasteiger partial charge in [0.05, 0.1) is 0 Å². The maximum atomic E-state index is 12.2. The van der Waals surface area contributed by atoms with E-state index < -0.39 is 0 Å². The second-order valence-corrected chi connectivity index (χ2v) is 7.28. The summed E-state index contributed by atoms with van der Waals surface area (Å²) in [4.78, 5) is 28.6. The van der Waals surface area contributed by atoms with E-state index >= 15 is 0 Å². The van der Waals surface area contributed by atoms with Crippen molar-refractivity contribution >= 4 is 23.3 Å². The van der Waals surface area contributed by atoms with E-state index in [9.17, 15) is 9.59 Å². The summed E-state index contributed by atoms with van der Waals surface area (Å²) >= 11 is 0. The van der Waals surface area contributed by atoms with Crippen molar-refractivity contribution in [2.75, 3.05) is 10.6 Å². The van der Waals surface area contributed by atoms with Crippen LogP contribution in [0.15, 0.2) is 53.1 Å². The van der Waals surface area contributed by atoms with Crippen molar-refractivity contribution in [2.24, 2.45) is 0 Å². The molecule has 8 heteroatoms. The summed E-state index contributed by atoms with van der Waals surface area (Å²) in [7, 11) is 0. The standard InChI is InChI=1S/C23H27N5O3/c1-3-6-20-27-22(31-28-20)12-11-21(29)24-15-17-8-5-10-19(14-17)26-23(30)25-18-9-4-7-16(2)13-18/h4-5,7-10,13-14H,3,6,11-12,15H2,1-2H3,(H,24,29)(H2,25,26,30). The second kappa shape index (κ2) is 10.9. The maximum Gasteiger partial charge on any atom is 0.323 e. The number of carbonyl (C=O) groups excluding carboxylic acids is 2. The average molecular weight is 422 g/mol. The molecule has 0 aliphatic rings. The molecule has 0 unspecified atom stereocenters. The normalized spacial score (nSPS) is 10.5. The summed E-state index contributed by atoms with van der Waals surface area (Å²) in [5.41, 5.74) is 3.32. The van der Waals surface area contributed by atoms with E-state index in [1.54, 1.807) is 6.07 Å². The Balaban J connectivity index is 1.45. The van der Waals surface area contributed by atoms with Crippen molar-refractivity contribution in [1.29, 1.82) is 0 Å². The molecule has 0 aliphatic heterocycles. The van der Waals surface area contributed by atoms with Crippen LogP contribution in [-0.2, 0) is 24.2 Å². The number of amides is 3. The van der Waals surface area contributed by atoms with Gasteiger partial charge in [-0.25, -0.2) is 4.79 Å². The first-order chi connectivity index (χ1) is 15.0. The molecule has 8 nitrogen and oxygen atoms in total. The lowest BCUT2D eigenvalue weighted by molar-refractivity contribution is -0.121. The van der Waals surface area contributed by atoms with Gasteiger partial charge in [0.15, 0.2) is 5.82 Å². The van der Waals surface area contributed by atoms with Crippen LogP contribution in [0.25, 0.3) is 0 Å². The Kier molecular flexibility index (Phi) is 7.75. The van der Waals surface area contributed by atoms with Gasteiger partial charge >= 0.3 is 6.03 Å². The lowest BCUT2D eigenvalue weighted by Crippen LogP contribution is -2.23. The van der Waals surface area contributed by atoms with E-state index in [1.807, 2.05) is 56.3 Å². The molecule has 0 atom stereocenters. The van der Waals surface area contributed by atoms with Gasteiger partial charge in [0, 0.05) is 37.2 Å². The van der Waals surface area contributed by atoms with Gasteiger partial charge in [-0.05, 0) is 48.7 Å². The first-order valence-corrected chi connectivity index (χ1v) is 10.3. The molecule has 0 saturated carbocycles. The summed E-state index contributed by atoms with van der Waals surface area (Å²) < 4.78 is 5.14. The van der Waals surface area contributed by atoms with Crippen molar-refractivity contribution in [2.45, 2.75) is 46.1 Å². The summed E-state index contributed by atoms with van der Waals surface area (Å²) in [6.45, 7) is 4.37. The van der Waals surface area contributed by atoms with Crippen LogP contribution in [0.1, 0.15) is 42.6 Å². The number of rotatable bonds is 9. The zero-order valence-electron chi connectivity index (χ0n) is 17.8. The number of benzene rings is 2. The van der Waals surface area contributed by atoms with Gasteiger partial charge in [0.2, 0.25) is 11.8 Å². The highest BCUT2D eigenvalue weighted by Gasteiger charge is 2.09. The fourth-order valence-electron chi connectivity index (χ4n) is 3.00. The third kappa shape index (κ3) is 7.26. The lowest BCUT2D eigenvalue weighted by atomic mass is 10.2. The first-order valence-electron chi connectivity index (χ1n) is 10.3. The van der Waals surface area contributed by atoms with Crippen LogP contribution in [0.5, 0.6) is 0 Å². The number of urea groups is 1. The van der Waals surface area contributed by atoms with Gasteiger partial charge in [-0.15, -0.1) is 0 Å². The second-order valence-electron chi connectivity index (χ2n) is 7.28. The number of aryl methyl sites for hydroxylation is 3. The lowest BCUT2D eigenvalue weighted by Gasteiger charge is -2.10. The number of nitrogens with one attached hydrogen (secondary N) is 3. The van der Waals surface area contributed by atoms with Crippen LogP contribution in [0.3, 0.4) is 0 Å². The summed E-state index contributed by atoms with van der Waals surface area (Å²) in [5, 5.41) is 12.4. The third-order valence-corrected chi connectivity index (χ3v) is 4.50. The molecular weight excluding hydrogens is 394 g/mol. The monoisotopic (exact) mass is 421 g/mol. The van der Waals surface area contributed by atoms with Crippen LogP contribution in [0, 0.1) is 6.92 Å². The van der Waals surface area contributed by atoms with Crippen molar-refractivity contribution in [3.05, 3.63) is 71.4 Å². The van der Waals surface area contributed by atoms with Crippen molar-refractivity contribution < 1.29 is 14.1 Å². The van der Waals surface area contributed by atoms with Crippen molar-refractivity contribution in [3.8, 4) is 0 Å². The highest BCUT2D eigenvalue weighted by atomic mass is 16.5. The summed E-state index contributed by atoms with van der Waals surface area (Å²) in [6, 6.07) is 14.6. The number of aromatic nitrogens is 2. The summed E-state index contributed by atoms with van der Waals surface area (Å²) in [6.07, 6.45) is 2.39. The SMILES string of the molecule is CCCc1noc(CCC(=O)NCc2cccc(NC(=O)Nc3cccc(C)c3)c2)n1. The highest BCUT2D eigenvalue weighted by Crippen LogP contribution is 2.13. The van der Waals surface area contributed by atoms with Crippen LogP contribution in [-0.4, -0.2) is 22.1 Å². The summed E-state index contributed by atoms with van der Waals surface area (Å²) in [5.74, 6) is 1.05. The molecule has 2 aromatic carbocycles. The minimum absolute atomic E-state index is 0.106. The Labute approximate surface area is 181 Å². The number of nitrogens with zero attached hydrogens (tertiary/aromatic N) is 2. The third-order valence-electron chi connectivity index (χ3n) is 4.50. The Morgan fingerprint density at radius 3 is 2.48 bits per heavy atom. The molecule has 0 fully saturated rings. The van der Waals surface area contributed by atoms with E-state index in [0.29, 0.717) is 30.4 Å². The molecular formula is C23H27N5O3. The molecule has 162 valence electrons. The van der Waals surface area contributed by atoms with Crippen LogP contribution in [0.4, 0.5) is 16.2 Å². The van der Waals surface area contributed by atoms with Gasteiger partial charge < -0.3 is 20.5 Å². The van der Waals surface area contributed by atoms with E-state index in [0.717, 1.165) is 29.7 Å². The predicted octanol–water partition coefficient (Wildman–Crippen LogP) is 4.22. The molecule has 1 heterocycles. The van der Waals surface area contributed by atoms with E-state index in [4.69, 9.17) is 4.52 Å². The largest absolute Gasteiger partial charge is 0.352 e. The Morgan fingerprint density at radius 1 is 1.00 bits per heavy atom. The first kappa shape index (κ1) is 22.0. The molecule has 3 N–H and O–H groups in total. The average Bonchev–Trinajstić information content (AvgIpc) is 3.19. The van der Waals surface area contributed by atoms with Crippen LogP contribution in [0.2, 0.25) is 0 Å². The van der Waals surface area contributed by atoms with E-state index in [2.05, 4.69) is 26.1 Å². The van der Waals surface area contributed by atoms with Crippen molar-refractivity contribution in [3.63, 3.8) is 0 Å². The van der Waals surface area contributed by atoms with Crippen LogP contribution < -0.4 is 16.0 Å². The smallest absolute Gasteiger partial charge is 0.323 e. The molecule has 0 spiro atoms. The number of hydrogen-bond acceptors (Lipinski definition) is 5. The molecule has 0 aliphatic carbocycles. The Morgan fingerprint density at radius 2 is 1.74 bits per heavy atom. The fourth-order valence-corrected chi connectivity index (χ4v) is 3.00. The maximum absolute atomic E-state index is 12.2. The van der Waals surface area contributed by atoms with Crippen molar-refractivity contribution in [1.82, 2.24) is 15.5 Å². The minimum Gasteiger partial charge on any atom is -0.352 e. The van der Waals surface area contributed by atoms with Gasteiger partial charge in [-0.3, -0.25) is 4.79 Å². The molecule has 31 heavy (non-hydrogen) atoms. The quantitative estimate of drug-likeness (QED) is 0.479. The molecule has 1 aromatic heterocycles. The molecule has 3 amide bonds. The fraction of sp³-hybridized carbons (Fsp3) is 0.304. The van der Waals surface area contributed by atoms with Gasteiger partial charge in [0.25, 0.3) is 0 Å². The molecule has 3 aromatic rings. The van der Waals surface area contributed by atoms with Gasteiger partial charge in [0.1, 0.15) is 0 Å². The molecule has 0 bridgehead atoms. The molecule has 0 saturated heterocycles. The van der Waals surface area contributed by atoms with Gasteiger partial charge in [-0.1, -0.05) is 36.3 Å². The van der Waals surface area contributed by atoms with E-state index in [1.165, 1.54) is 0 Å². The molecule has 0 radical (unpaired) electrons.